The van der Waals surface area contributed by atoms with Gasteiger partial charge in [0.2, 0.25) is 0 Å². The zero-order valence-electron chi connectivity index (χ0n) is 14.9. The molecule has 0 bridgehead atoms. The van der Waals surface area contributed by atoms with Crippen LogP contribution in [0.5, 0.6) is 0 Å². The molecule has 1 aliphatic heterocycles. The van der Waals surface area contributed by atoms with E-state index in [1.54, 1.807) is 0 Å². The fraction of sp³-hybridized carbons (Fsp3) is 0.500. The largest absolute Gasteiger partial charge is 0.381 e. The maximum Gasteiger partial charge on any atom is 0.272 e. The molecule has 2 atom stereocenters. The van der Waals surface area contributed by atoms with Crippen LogP contribution in [0.1, 0.15) is 46.9 Å². The predicted molar refractivity (Wildman–Crippen MR) is 93.9 cm³/mol. The maximum absolute atomic E-state index is 14.3. The standard InChI is InChI=1S/C20H21F2N3O2/c21-13-1-2-17(16(22)9-13)25-19-14-7-12(14)8-15(19)18(24-25)20(26)23-10-11-3-5-27-6-4-11/h1-2,9,11-12,14H,3-8,10H2,(H,23,26)/t12-,14-/m0/s1. The smallest absolute Gasteiger partial charge is 0.272 e. The van der Waals surface area contributed by atoms with Crippen LogP contribution in [-0.4, -0.2) is 35.4 Å². The summed E-state index contributed by atoms with van der Waals surface area (Å²) in [6.45, 7) is 2.07. The number of ether oxygens (including phenoxy) is 1. The normalized spacial score (nSPS) is 23.8. The molecule has 0 spiro atoms. The summed E-state index contributed by atoms with van der Waals surface area (Å²) in [5, 5.41) is 7.44. The third kappa shape index (κ3) is 2.94. The van der Waals surface area contributed by atoms with Crippen molar-refractivity contribution in [1.82, 2.24) is 15.1 Å². The van der Waals surface area contributed by atoms with Gasteiger partial charge in [-0.15, -0.1) is 0 Å². The van der Waals surface area contributed by atoms with Gasteiger partial charge in [-0.05, 0) is 49.7 Å². The van der Waals surface area contributed by atoms with E-state index >= 15 is 0 Å². The number of fused-ring (bicyclic) bond motifs is 3. The molecule has 1 amide bonds. The topological polar surface area (TPSA) is 56.1 Å². The lowest BCUT2D eigenvalue weighted by atomic mass is 10.0. The Morgan fingerprint density at radius 3 is 2.89 bits per heavy atom. The van der Waals surface area contributed by atoms with E-state index in [0.29, 0.717) is 30.0 Å². The first-order valence-electron chi connectivity index (χ1n) is 9.55. The van der Waals surface area contributed by atoms with E-state index in [2.05, 4.69) is 10.4 Å². The second-order valence-electron chi connectivity index (χ2n) is 7.79. The Bertz CT molecular complexity index is 905. The predicted octanol–water partition coefficient (Wildman–Crippen LogP) is 2.97. The van der Waals surface area contributed by atoms with Gasteiger partial charge in [0.25, 0.3) is 5.91 Å². The van der Waals surface area contributed by atoms with E-state index in [4.69, 9.17) is 4.74 Å². The molecular weight excluding hydrogens is 352 g/mol. The highest BCUT2D eigenvalue weighted by Gasteiger charge is 2.50. The molecule has 2 aliphatic carbocycles. The average molecular weight is 373 g/mol. The van der Waals surface area contributed by atoms with Crippen molar-refractivity contribution in [2.24, 2.45) is 11.8 Å². The molecule has 5 nitrogen and oxygen atoms in total. The monoisotopic (exact) mass is 373 g/mol. The third-order valence-electron chi connectivity index (χ3n) is 6.01. The van der Waals surface area contributed by atoms with Gasteiger partial charge < -0.3 is 10.1 Å². The highest BCUT2D eigenvalue weighted by molar-refractivity contribution is 5.94. The molecule has 0 radical (unpaired) electrons. The van der Waals surface area contributed by atoms with E-state index < -0.39 is 11.6 Å². The molecule has 27 heavy (non-hydrogen) atoms. The Morgan fingerprint density at radius 1 is 1.30 bits per heavy atom. The van der Waals surface area contributed by atoms with Gasteiger partial charge in [0, 0.05) is 37.3 Å². The first kappa shape index (κ1) is 16.9. The van der Waals surface area contributed by atoms with Gasteiger partial charge in [-0.2, -0.15) is 5.10 Å². The van der Waals surface area contributed by atoms with Crippen molar-refractivity contribution >= 4 is 5.91 Å². The molecule has 1 saturated carbocycles. The van der Waals surface area contributed by atoms with Gasteiger partial charge in [0.1, 0.15) is 11.5 Å². The Balaban J connectivity index is 1.44. The molecule has 2 heterocycles. The molecule has 142 valence electrons. The zero-order valence-corrected chi connectivity index (χ0v) is 14.9. The Hall–Kier alpha value is -2.28. The Morgan fingerprint density at radius 2 is 2.11 bits per heavy atom. The Kier molecular flexibility index (Phi) is 4.00. The van der Waals surface area contributed by atoms with E-state index in [-0.39, 0.29) is 11.6 Å². The molecular formula is C20H21F2N3O2. The van der Waals surface area contributed by atoms with Crippen LogP contribution in [-0.2, 0) is 11.2 Å². The van der Waals surface area contributed by atoms with Gasteiger partial charge in [-0.1, -0.05) is 0 Å². The second kappa shape index (κ2) is 6.41. The maximum atomic E-state index is 14.3. The molecule has 3 aliphatic rings. The van der Waals surface area contributed by atoms with E-state index in [1.807, 2.05) is 0 Å². The summed E-state index contributed by atoms with van der Waals surface area (Å²) in [5.41, 5.74) is 2.42. The minimum absolute atomic E-state index is 0.198. The van der Waals surface area contributed by atoms with Gasteiger partial charge in [-0.25, -0.2) is 13.5 Å². The lowest BCUT2D eigenvalue weighted by molar-refractivity contribution is 0.0642. The highest BCUT2D eigenvalue weighted by atomic mass is 19.1. The van der Waals surface area contributed by atoms with Crippen LogP contribution in [0.3, 0.4) is 0 Å². The number of aromatic nitrogens is 2. The van der Waals surface area contributed by atoms with Crippen LogP contribution in [0, 0.1) is 23.5 Å². The number of nitrogens with one attached hydrogen (secondary N) is 1. The van der Waals surface area contributed by atoms with Crippen LogP contribution >= 0.6 is 0 Å². The highest BCUT2D eigenvalue weighted by Crippen LogP contribution is 2.57. The van der Waals surface area contributed by atoms with E-state index in [1.165, 1.54) is 16.8 Å². The van der Waals surface area contributed by atoms with Gasteiger partial charge in [-0.3, -0.25) is 4.79 Å². The molecule has 7 heteroatoms. The number of hydrogen-bond donors (Lipinski definition) is 1. The summed E-state index contributed by atoms with van der Waals surface area (Å²) in [6, 6.07) is 3.46. The summed E-state index contributed by atoms with van der Waals surface area (Å²) in [5.74, 6) is -0.234. The minimum Gasteiger partial charge on any atom is -0.381 e. The molecule has 1 saturated heterocycles. The molecule has 1 aromatic heterocycles. The van der Waals surface area contributed by atoms with Gasteiger partial charge in [0.15, 0.2) is 11.5 Å². The zero-order chi connectivity index (χ0) is 18.5. The van der Waals surface area contributed by atoms with Crippen LogP contribution in [0.15, 0.2) is 18.2 Å². The number of carbonyl (C=O) groups excluding carboxylic acids is 1. The van der Waals surface area contributed by atoms with E-state index in [0.717, 1.165) is 56.2 Å². The van der Waals surface area contributed by atoms with Crippen molar-refractivity contribution in [2.45, 2.75) is 31.6 Å². The first-order chi connectivity index (χ1) is 13.1. The molecule has 1 aromatic carbocycles. The van der Waals surface area contributed by atoms with Crippen LogP contribution < -0.4 is 5.32 Å². The first-order valence-corrected chi connectivity index (χ1v) is 9.55. The molecule has 0 unspecified atom stereocenters. The number of hydrogen-bond acceptors (Lipinski definition) is 3. The number of rotatable bonds is 4. The number of nitrogens with zero attached hydrogens (tertiary/aromatic N) is 2. The van der Waals surface area contributed by atoms with Crippen molar-refractivity contribution in [3.05, 3.63) is 46.8 Å². The SMILES string of the molecule is O=C(NCC1CCOCC1)c1nn(-c2ccc(F)cc2F)c2c1C[C@@H]1C[C@H]21. The van der Waals surface area contributed by atoms with Crippen molar-refractivity contribution in [3.63, 3.8) is 0 Å². The van der Waals surface area contributed by atoms with Crippen LogP contribution in [0.2, 0.25) is 0 Å². The Labute approximate surface area is 155 Å². The number of benzene rings is 1. The molecule has 5 rings (SSSR count). The molecule has 1 N–H and O–H groups in total. The van der Waals surface area contributed by atoms with Crippen LogP contribution in [0.25, 0.3) is 5.69 Å². The fourth-order valence-corrected chi connectivity index (χ4v) is 4.41. The van der Waals surface area contributed by atoms with Crippen molar-refractivity contribution in [2.75, 3.05) is 19.8 Å². The van der Waals surface area contributed by atoms with Gasteiger partial charge in [0.05, 0.1) is 5.69 Å². The van der Waals surface area contributed by atoms with Gasteiger partial charge >= 0.3 is 0 Å². The minimum atomic E-state index is -0.668. The number of carbonyl (C=O) groups is 1. The summed E-state index contributed by atoms with van der Waals surface area (Å²) in [7, 11) is 0. The molecule has 2 fully saturated rings. The van der Waals surface area contributed by atoms with Crippen molar-refractivity contribution < 1.29 is 18.3 Å². The third-order valence-corrected chi connectivity index (χ3v) is 6.01. The van der Waals surface area contributed by atoms with Crippen molar-refractivity contribution in [3.8, 4) is 5.69 Å². The number of halogens is 2. The summed E-state index contributed by atoms with van der Waals surface area (Å²) < 4.78 is 34.5. The van der Waals surface area contributed by atoms with Crippen molar-refractivity contribution in [1.29, 1.82) is 0 Å². The van der Waals surface area contributed by atoms with Crippen LogP contribution in [0.4, 0.5) is 8.78 Å². The second-order valence-corrected chi connectivity index (χ2v) is 7.79. The average Bonchev–Trinajstić information content (AvgIpc) is 3.17. The lowest BCUT2D eigenvalue weighted by Gasteiger charge is -2.22. The molecule has 2 aromatic rings. The summed E-state index contributed by atoms with van der Waals surface area (Å²) in [4.78, 5) is 12.8. The lowest BCUT2D eigenvalue weighted by Crippen LogP contribution is -2.32. The summed E-state index contributed by atoms with van der Waals surface area (Å²) >= 11 is 0. The van der Waals surface area contributed by atoms with E-state index in [9.17, 15) is 13.6 Å². The number of amides is 1. The summed E-state index contributed by atoms with van der Waals surface area (Å²) in [6.07, 6.45) is 3.74. The quantitative estimate of drug-likeness (QED) is 0.897. The fourth-order valence-electron chi connectivity index (χ4n) is 4.41.